The smallest absolute Gasteiger partial charge is 0.257 e. The van der Waals surface area contributed by atoms with Crippen molar-refractivity contribution >= 4 is 0 Å². The van der Waals surface area contributed by atoms with Crippen molar-refractivity contribution in [3.8, 4) is 0 Å². The lowest BCUT2D eigenvalue weighted by Gasteiger charge is -2.54. The molecule has 232 valence electrons. The molecule has 3 heterocycles. The normalized spacial score (nSPS) is 49.4. The number of aliphatic hydroxyl groups is 8. The zero-order valence-electron chi connectivity index (χ0n) is 21.9. The highest BCUT2D eigenvalue weighted by atomic mass is 35.5. The van der Waals surface area contributed by atoms with E-state index in [4.69, 9.17) is 40.9 Å². The van der Waals surface area contributed by atoms with E-state index in [0.717, 1.165) is 0 Å². The average molecular weight is 595 g/mol. The van der Waals surface area contributed by atoms with Crippen LogP contribution < -0.4 is 29.6 Å². The van der Waals surface area contributed by atoms with Crippen molar-refractivity contribution in [2.75, 3.05) is 41.0 Å². The van der Waals surface area contributed by atoms with E-state index in [1.54, 1.807) is 21.1 Å². The van der Waals surface area contributed by atoms with Crippen LogP contribution in [-0.4, -0.2) is 178 Å². The fraction of sp³-hybridized carbons (Fsp3) is 1.00. The highest BCUT2D eigenvalue weighted by molar-refractivity contribution is 5.00. The number of aliphatic hydroxyl groups excluding tert-OH is 8. The quantitative estimate of drug-likeness (QED) is 0.116. The molecule has 15 atom stereocenters. The molecule has 3 fully saturated rings. The molecule has 17 nitrogen and oxygen atoms in total. The summed E-state index contributed by atoms with van der Waals surface area (Å²) in [7, 11) is 4.84. The Balaban J connectivity index is 0.00000533. The molecule has 39 heavy (non-hydrogen) atoms. The summed E-state index contributed by atoms with van der Waals surface area (Å²) >= 11 is 0. The molecule has 3 aliphatic rings. The molecule has 2 unspecified atom stereocenters. The van der Waals surface area contributed by atoms with Gasteiger partial charge in [0.05, 0.1) is 52.5 Å². The summed E-state index contributed by atoms with van der Waals surface area (Å²) in [6.45, 7) is -2.10. The number of rotatable bonds is 8. The average Bonchev–Trinajstić information content (AvgIpc) is 2.87. The van der Waals surface area contributed by atoms with E-state index in [0.29, 0.717) is 0 Å². The lowest BCUT2D eigenvalue weighted by molar-refractivity contribution is -0.961. The Morgan fingerprint density at radius 2 is 1.18 bits per heavy atom. The number of likely N-dealkylation sites (N-methyl/N-ethyl adjacent to an activating group) is 1. The number of nitrogens with two attached hydrogens (primary N) is 3. The van der Waals surface area contributed by atoms with Crippen molar-refractivity contribution in [2.45, 2.75) is 91.6 Å². The van der Waals surface area contributed by atoms with Gasteiger partial charge < -0.3 is 89.4 Å². The second-order valence-corrected chi connectivity index (χ2v) is 10.8. The number of ether oxygens (including phenoxy) is 5. The van der Waals surface area contributed by atoms with Crippen LogP contribution in [0.3, 0.4) is 0 Å². The van der Waals surface area contributed by atoms with Crippen LogP contribution in [0.1, 0.15) is 0 Å². The van der Waals surface area contributed by atoms with Crippen molar-refractivity contribution in [2.24, 2.45) is 17.2 Å². The van der Waals surface area contributed by atoms with E-state index in [1.807, 2.05) is 0 Å². The fourth-order valence-electron chi connectivity index (χ4n) is 4.96. The lowest BCUT2D eigenvalue weighted by atomic mass is 9.90. The minimum absolute atomic E-state index is 0. The molecule has 0 bridgehead atoms. The third-order valence-electron chi connectivity index (χ3n) is 7.58. The van der Waals surface area contributed by atoms with Gasteiger partial charge in [-0.3, -0.25) is 9.22 Å². The molecule has 14 N–H and O–H groups in total. The van der Waals surface area contributed by atoms with Gasteiger partial charge in [-0.2, -0.15) is 0 Å². The predicted molar refractivity (Wildman–Crippen MR) is 124 cm³/mol. The number of hydrogen-bond acceptors (Lipinski definition) is 16. The largest absolute Gasteiger partial charge is 1.00 e. The van der Waals surface area contributed by atoms with Crippen molar-refractivity contribution in [1.82, 2.24) is 0 Å². The maximum Gasteiger partial charge on any atom is 0.257 e. The lowest BCUT2D eigenvalue weighted by Crippen LogP contribution is -3.00. The maximum atomic E-state index is 11.0. The van der Waals surface area contributed by atoms with E-state index in [-0.39, 0.29) is 16.9 Å². The first-order chi connectivity index (χ1) is 17.6. The Hall–Kier alpha value is -0.390. The molecule has 0 aromatic rings. The number of hydrogen-bond donors (Lipinski definition) is 11. The van der Waals surface area contributed by atoms with Crippen LogP contribution in [0.4, 0.5) is 0 Å². The SMILES string of the molecule is C[N+](C)(C)[C@]1(CO)O[C@H](OC2[C@@H](CO)O[C@@H](OC3[C@@H](CO)O[C@@H](O)[C@H](N)[C@H]3O)[C@H](N)[C@H]2O)[C@H](N)[C@@H](O)[C@@H]1O.[Cl-]. The first kappa shape index (κ1) is 34.8. The van der Waals surface area contributed by atoms with Gasteiger partial charge in [0.2, 0.25) is 0 Å². The second-order valence-electron chi connectivity index (χ2n) is 10.8. The van der Waals surface area contributed by atoms with Crippen LogP contribution in [0.25, 0.3) is 0 Å². The summed E-state index contributed by atoms with van der Waals surface area (Å²) in [5.41, 5.74) is 16.2. The Kier molecular flexibility index (Phi) is 11.9. The van der Waals surface area contributed by atoms with Gasteiger partial charge in [-0.25, -0.2) is 0 Å². The Labute approximate surface area is 231 Å². The van der Waals surface area contributed by atoms with Gasteiger partial charge in [0.25, 0.3) is 5.72 Å². The first-order valence-electron chi connectivity index (χ1n) is 12.3. The molecule has 0 aliphatic carbocycles. The van der Waals surface area contributed by atoms with Gasteiger partial charge in [-0.1, -0.05) is 0 Å². The molecule has 3 saturated heterocycles. The summed E-state index contributed by atoms with van der Waals surface area (Å²) in [6.07, 6.45) is -16.0. The molecule has 0 saturated carbocycles. The standard InChI is InChI=1S/C21H43N4O13.ClH/c1-25(2,3)21(6-28)17(32)14(31)11(24)20(38-21)37-16-8(5-27)35-19(10(23)13(16)30)36-15-7(4-26)34-18(33)9(22)12(15)29;/h7-20,26-33H,4-6,22-24H2,1-3H3;1H/q+1;/p-1/t7-,8-,9-,10-,11-,12-,13-,14-,15?,16?,17+,18-,19+,20+,21-;/m1./s1. The number of quaternary nitrogens is 1. The summed E-state index contributed by atoms with van der Waals surface area (Å²) in [5, 5.41) is 82.3. The van der Waals surface area contributed by atoms with E-state index in [1.165, 1.54) is 0 Å². The van der Waals surface area contributed by atoms with Gasteiger partial charge in [-0.05, 0) is 0 Å². The summed E-state index contributed by atoms with van der Waals surface area (Å²) in [5.74, 6) is 0. The third-order valence-corrected chi connectivity index (χ3v) is 7.58. The van der Waals surface area contributed by atoms with Crippen LogP contribution >= 0.6 is 0 Å². The number of nitrogens with zero attached hydrogens (tertiary/aromatic N) is 1. The van der Waals surface area contributed by atoms with Crippen molar-refractivity contribution < 1.29 is 81.4 Å². The molecule has 3 rings (SSSR count). The predicted octanol–water partition coefficient (Wildman–Crippen LogP) is -10.6. The van der Waals surface area contributed by atoms with Crippen molar-refractivity contribution in [1.29, 1.82) is 0 Å². The second kappa shape index (κ2) is 13.3. The Bertz CT molecular complexity index is 783. The maximum absolute atomic E-state index is 11.0. The fourth-order valence-corrected chi connectivity index (χ4v) is 4.96. The molecule has 0 aromatic heterocycles. The highest BCUT2D eigenvalue weighted by Gasteiger charge is 2.62. The zero-order valence-corrected chi connectivity index (χ0v) is 22.6. The van der Waals surface area contributed by atoms with Gasteiger partial charge in [0.1, 0.15) is 49.3 Å². The van der Waals surface area contributed by atoms with E-state index < -0.39 is 111 Å². The van der Waals surface area contributed by atoms with Crippen LogP contribution in [0.15, 0.2) is 0 Å². The molecule has 18 heteroatoms. The van der Waals surface area contributed by atoms with Crippen molar-refractivity contribution in [3.05, 3.63) is 0 Å². The van der Waals surface area contributed by atoms with Crippen LogP contribution in [0.2, 0.25) is 0 Å². The monoisotopic (exact) mass is 594 g/mol. The van der Waals surface area contributed by atoms with Gasteiger partial charge in [0.15, 0.2) is 25.0 Å². The first-order valence-corrected chi connectivity index (χ1v) is 12.3. The van der Waals surface area contributed by atoms with E-state index >= 15 is 0 Å². The van der Waals surface area contributed by atoms with E-state index in [9.17, 15) is 40.9 Å². The molecular formula is C21H43ClN4O13. The Morgan fingerprint density at radius 1 is 0.718 bits per heavy atom. The van der Waals surface area contributed by atoms with Gasteiger partial charge >= 0.3 is 0 Å². The molecule has 0 spiro atoms. The molecule has 0 aromatic carbocycles. The summed E-state index contributed by atoms with van der Waals surface area (Å²) in [6, 6.07) is -3.97. The van der Waals surface area contributed by atoms with Gasteiger partial charge in [-0.15, -0.1) is 0 Å². The van der Waals surface area contributed by atoms with Gasteiger partial charge in [0, 0.05) is 0 Å². The molecule has 0 radical (unpaired) electrons. The summed E-state index contributed by atoms with van der Waals surface area (Å²) < 4.78 is 28.2. The number of halogens is 1. The third kappa shape index (κ3) is 6.36. The molecule has 3 aliphatic heterocycles. The molecule has 0 amide bonds. The van der Waals surface area contributed by atoms with Crippen LogP contribution in [0.5, 0.6) is 0 Å². The summed E-state index contributed by atoms with van der Waals surface area (Å²) in [4.78, 5) is 0. The van der Waals surface area contributed by atoms with Crippen LogP contribution in [0, 0.1) is 0 Å². The zero-order chi connectivity index (χ0) is 28.7. The minimum atomic E-state index is -1.76. The Morgan fingerprint density at radius 3 is 1.67 bits per heavy atom. The molecular weight excluding hydrogens is 552 g/mol. The van der Waals surface area contributed by atoms with E-state index in [2.05, 4.69) is 0 Å². The van der Waals surface area contributed by atoms with Crippen LogP contribution in [-0.2, 0) is 23.7 Å². The minimum Gasteiger partial charge on any atom is -1.00 e. The highest BCUT2D eigenvalue weighted by Crippen LogP contribution is 2.37. The van der Waals surface area contributed by atoms with Crippen molar-refractivity contribution in [3.63, 3.8) is 0 Å². The topological polar surface area (TPSA) is 286 Å².